The maximum Gasteiger partial charge on any atom is 0.220 e. The maximum absolute atomic E-state index is 12.3. The highest BCUT2D eigenvalue weighted by molar-refractivity contribution is 5.99. The number of aromatic hydroxyl groups is 1. The van der Waals surface area contributed by atoms with Crippen molar-refractivity contribution in [2.75, 3.05) is 6.54 Å². The highest BCUT2D eigenvalue weighted by Crippen LogP contribution is 2.12. The predicted octanol–water partition coefficient (Wildman–Crippen LogP) is 0.233. The van der Waals surface area contributed by atoms with E-state index in [4.69, 9.17) is 5.84 Å². The van der Waals surface area contributed by atoms with Crippen molar-refractivity contribution >= 4 is 18.0 Å². The van der Waals surface area contributed by atoms with Gasteiger partial charge in [-0.05, 0) is 31.2 Å². The summed E-state index contributed by atoms with van der Waals surface area (Å²) in [5.74, 6) is 5.40. The predicted molar refractivity (Wildman–Crippen MR) is 81.1 cm³/mol. The Morgan fingerprint density at radius 2 is 1.95 bits per heavy atom. The smallest absolute Gasteiger partial charge is 0.220 e. The van der Waals surface area contributed by atoms with E-state index < -0.39 is 12.1 Å². The van der Waals surface area contributed by atoms with Gasteiger partial charge >= 0.3 is 0 Å². The highest BCUT2D eigenvalue weighted by Gasteiger charge is 2.23. The number of amides is 1. The molecule has 22 heavy (non-hydrogen) atoms. The van der Waals surface area contributed by atoms with Crippen LogP contribution in [0, 0.1) is 0 Å². The molecule has 0 aromatic heterocycles. The molecule has 2 atom stereocenters. The molecule has 0 saturated heterocycles. The minimum Gasteiger partial charge on any atom is -0.508 e. The third kappa shape index (κ3) is 4.94. The number of rotatable bonds is 8. The molecule has 0 aliphatic carbocycles. The highest BCUT2D eigenvalue weighted by atomic mass is 16.3. The lowest BCUT2D eigenvalue weighted by molar-refractivity contribution is -0.124. The number of Topliss-reactive ketones (excluding diaryl/α,β-unsaturated/α-hetero) is 1. The number of nitrogens with one attached hydrogen (secondary N) is 1. The van der Waals surface area contributed by atoms with Crippen molar-refractivity contribution in [3.05, 3.63) is 29.8 Å². The summed E-state index contributed by atoms with van der Waals surface area (Å²) in [4.78, 5) is 34.5. The van der Waals surface area contributed by atoms with Gasteiger partial charge in [0.25, 0.3) is 0 Å². The van der Waals surface area contributed by atoms with E-state index in [1.165, 1.54) is 29.3 Å². The van der Waals surface area contributed by atoms with Crippen molar-refractivity contribution in [1.29, 1.82) is 0 Å². The molecule has 7 nitrogen and oxygen atoms in total. The summed E-state index contributed by atoms with van der Waals surface area (Å²) in [7, 11) is 0. The molecular formula is C15H21N3O4. The maximum atomic E-state index is 12.3. The first-order chi connectivity index (χ1) is 10.4. The van der Waals surface area contributed by atoms with E-state index in [0.717, 1.165) is 0 Å². The summed E-state index contributed by atoms with van der Waals surface area (Å²) in [6.45, 7) is 3.31. The van der Waals surface area contributed by atoms with Crippen molar-refractivity contribution < 1.29 is 19.5 Å². The summed E-state index contributed by atoms with van der Waals surface area (Å²) in [6.07, 6.45) is 0.849. The molecule has 7 heteroatoms. The summed E-state index contributed by atoms with van der Waals surface area (Å²) in [5.41, 5.74) is 0.404. The Balaban J connectivity index is 2.68. The third-order valence-corrected chi connectivity index (χ3v) is 3.27. The van der Waals surface area contributed by atoms with Gasteiger partial charge in [0, 0.05) is 18.5 Å². The van der Waals surface area contributed by atoms with E-state index in [-0.39, 0.29) is 30.4 Å². The minimum absolute atomic E-state index is 0.0280. The standard InChI is InChI=1S/C15H21N3O4/c1-3-14(21)17-12(9-19)8-18(16)10(2)15(22)11-4-6-13(20)7-5-11/h4-7,9-10,12,20H,3,8,16H2,1-2H3,(H,17,21)/t10-,12-/m0/s1. The first-order valence-corrected chi connectivity index (χ1v) is 6.98. The van der Waals surface area contributed by atoms with Gasteiger partial charge in [-0.25, -0.2) is 5.01 Å². The fourth-order valence-corrected chi connectivity index (χ4v) is 1.83. The van der Waals surface area contributed by atoms with Crippen molar-refractivity contribution in [1.82, 2.24) is 10.3 Å². The van der Waals surface area contributed by atoms with Gasteiger partial charge in [-0.2, -0.15) is 0 Å². The van der Waals surface area contributed by atoms with Crippen LogP contribution in [0.15, 0.2) is 24.3 Å². The molecular weight excluding hydrogens is 286 g/mol. The Hall–Kier alpha value is -2.25. The van der Waals surface area contributed by atoms with Crippen molar-refractivity contribution in [3.8, 4) is 5.75 Å². The largest absolute Gasteiger partial charge is 0.508 e. The van der Waals surface area contributed by atoms with Crippen LogP contribution in [0.5, 0.6) is 5.75 Å². The van der Waals surface area contributed by atoms with Crippen LogP contribution in [0.2, 0.25) is 0 Å². The number of hydrogen-bond donors (Lipinski definition) is 3. The monoisotopic (exact) mass is 307 g/mol. The Morgan fingerprint density at radius 3 is 2.45 bits per heavy atom. The van der Waals surface area contributed by atoms with E-state index in [0.29, 0.717) is 11.8 Å². The van der Waals surface area contributed by atoms with Crippen LogP contribution in [-0.2, 0) is 9.59 Å². The Bertz CT molecular complexity index is 530. The molecule has 0 aliphatic rings. The molecule has 120 valence electrons. The molecule has 4 N–H and O–H groups in total. The zero-order chi connectivity index (χ0) is 16.7. The van der Waals surface area contributed by atoms with Gasteiger partial charge < -0.3 is 15.2 Å². The second-order valence-electron chi connectivity index (χ2n) is 4.95. The van der Waals surface area contributed by atoms with Gasteiger partial charge in [0.2, 0.25) is 5.91 Å². The number of carbonyl (C=O) groups excluding carboxylic acids is 3. The van der Waals surface area contributed by atoms with Crippen LogP contribution >= 0.6 is 0 Å². The molecule has 0 saturated carbocycles. The van der Waals surface area contributed by atoms with Gasteiger partial charge in [-0.3, -0.25) is 15.4 Å². The molecule has 1 rings (SSSR count). The first kappa shape index (κ1) is 17.8. The normalized spacial score (nSPS) is 13.5. The van der Waals surface area contributed by atoms with E-state index in [2.05, 4.69) is 5.32 Å². The summed E-state index contributed by atoms with van der Waals surface area (Å²) in [5, 5.41) is 12.9. The van der Waals surface area contributed by atoms with Crippen LogP contribution in [-0.4, -0.2) is 46.7 Å². The van der Waals surface area contributed by atoms with E-state index >= 15 is 0 Å². The minimum atomic E-state index is -0.771. The molecule has 0 unspecified atom stereocenters. The molecule has 0 aliphatic heterocycles. The summed E-state index contributed by atoms with van der Waals surface area (Å²) >= 11 is 0. The molecule has 1 aromatic carbocycles. The van der Waals surface area contributed by atoms with Crippen LogP contribution in [0.4, 0.5) is 0 Å². The number of phenols is 1. The molecule has 0 bridgehead atoms. The molecule has 1 aromatic rings. The molecule has 0 heterocycles. The number of aldehydes is 1. The zero-order valence-corrected chi connectivity index (χ0v) is 12.7. The van der Waals surface area contributed by atoms with Gasteiger partial charge in [0.1, 0.15) is 12.0 Å². The molecule has 0 spiro atoms. The SMILES string of the molecule is CCC(=O)N[C@H](C=O)CN(N)[C@@H](C)C(=O)c1ccc(O)cc1. The van der Waals surface area contributed by atoms with Gasteiger partial charge in [-0.1, -0.05) is 6.92 Å². The average molecular weight is 307 g/mol. The number of nitrogens with two attached hydrogens (primary N) is 1. The quantitative estimate of drug-likeness (QED) is 0.274. The van der Waals surface area contributed by atoms with Crippen molar-refractivity contribution in [2.24, 2.45) is 5.84 Å². The fraction of sp³-hybridized carbons (Fsp3) is 0.400. The number of phenolic OH excluding ortho intramolecular Hbond substituents is 1. The number of nitrogens with zero attached hydrogens (tertiary/aromatic N) is 1. The lowest BCUT2D eigenvalue weighted by Crippen LogP contribution is -2.52. The van der Waals surface area contributed by atoms with Crippen LogP contribution in [0.1, 0.15) is 30.6 Å². The topological polar surface area (TPSA) is 113 Å². The van der Waals surface area contributed by atoms with Crippen LogP contribution < -0.4 is 11.2 Å². The van der Waals surface area contributed by atoms with Gasteiger partial charge in [0.05, 0.1) is 12.1 Å². The van der Waals surface area contributed by atoms with Gasteiger partial charge in [-0.15, -0.1) is 0 Å². The van der Waals surface area contributed by atoms with E-state index in [1.54, 1.807) is 13.8 Å². The van der Waals surface area contributed by atoms with Crippen molar-refractivity contribution in [2.45, 2.75) is 32.4 Å². The third-order valence-electron chi connectivity index (χ3n) is 3.27. The number of benzene rings is 1. The Labute approximate surface area is 129 Å². The molecule has 0 radical (unpaired) electrons. The number of carbonyl (C=O) groups is 3. The Morgan fingerprint density at radius 1 is 1.36 bits per heavy atom. The first-order valence-electron chi connectivity index (χ1n) is 6.98. The van der Waals surface area contributed by atoms with Crippen LogP contribution in [0.3, 0.4) is 0 Å². The summed E-state index contributed by atoms with van der Waals surface area (Å²) < 4.78 is 0. The number of hydrogen-bond acceptors (Lipinski definition) is 6. The fourth-order valence-electron chi connectivity index (χ4n) is 1.83. The lowest BCUT2D eigenvalue weighted by Gasteiger charge is -2.26. The van der Waals surface area contributed by atoms with E-state index in [1.807, 2.05) is 0 Å². The zero-order valence-electron chi connectivity index (χ0n) is 12.7. The molecule has 0 fully saturated rings. The second kappa shape index (κ2) is 8.26. The molecule has 1 amide bonds. The number of ketones is 1. The van der Waals surface area contributed by atoms with Crippen LogP contribution in [0.25, 0.3) is 0 Å². The number of hydrazine groups is 1. The lowest BCUT2D eigenvalue weighted by atomic mass is 10.0. The Kier molecular flexibility index (Phi) is 6.68. The second-order valence-corrected chi connectivity index (χ2v) is 4.95. The average Bonchev–Trinajstić information content (AvgIpc) is 2.53. The van der Waals surface area contributed by atoms with Gasteiger partial charge in [0.15, 0.2) is 5.78 Å². The van der Waals surface area contributed by atoms with Crippen molar-refractivity contribution in [3.63, 3.8) is 0 Å². The van der Waals surface area contributed by atoms with E-state index in [9.17, 15) is 19.5 Å². The summed E-state index contributed by atoms with van der Waals surface area (Å²) in [6, 6.07) is 4.38.